The largest absolute Gasteiger partial charge is 0.338 e. The minimum Gasteiger partial charge on any atom is -0.338 e. The molecule has 6 nitrogen and oxygen atoms in total. The van der Waals surface area contributed by atoms with E-state index in [1.807, 2.05) is 36.1 Å². The number of carbonyl (C=O) groups excluding carboxylic acids is 2. The molecule has 0 aromatic heterocycles. The van der Waals surface area contributed by atoms with E-state index < -0.39 is 0 Å². The summed E-state index contributed by atoms with van der Waals surface area (Å²) in [6.45, 7) is 4.59. The molecule has 2 saturated carbocycles. The topological polar surface area (TPSA) is 76.4 Å². The zero-order valence-electron chi connectivity index (χ0n) is 15.5. The van der Waals surface area contributed by atoms with Gasteiger partial charge in [0.25, 0.3) is 5.91 Å². The highest BCUT2D eigenvalue weighted by Crippen LogP contribution is 2.49. The van der Waals surface area contributed by atoms with E-state index in [1.54, 1.807) is 4.90 Å². The van der Waals surface area contributed by atoms with E-state index in [0.717, 1.165) is 37.2 Å². The number of aryl methyl sites for hydroxylation is 1. The van der Waals surface area contributed by atoms with Crippen molar-refractivity contribution in [1.82, 2.24) is 15.1 Å². The monoisotopic (exact) mass is 364 g/mol. The van der Waals surface area contributed by atoms with Crippen molar-refractivity contribution in [3.63, 3.8) is 0 Å². The van der Waals surface area contributed by atoms with Crippen LogP contribution in [0.5, 0.6) is 0 Å². The second kappa shape index (κ2) is 6.07. The third-order valence-corrected chi connectivity index (χ3v) is 6.87. The van der Waals surface area contributed by atoms with E-state index in [4.69, 9.17) is 0 Å². The summed E-state index contributed by atoms with van der Waals surface area (Å²) in [6.07, 6.45) is 1.10. The summed E-state index contributed by atoms with van der Waals surface area (Å²) >= 11 is 0. The number of fused-ring (bicyclic) bond motifs is 2. The molecule has 5 atom stereocenters. The number of nitriles is 1. The molecule has 27 heavy (non-hydrogen) atoms. The highest BCUT2D eigenvalue weighted by molar-refractivity contribution is 5.94. The molecule has 2 aliphatic heterocycles. The van der Waals surface area contributed by atoms with Crippen molar-refractivity contribution in [2.75, 3.05) is 26.2 Å². The van der Waals surface area contributed by atoms with Gasteiger partial charge in [-0.25, -0.2) is 0 Å². The van der Waals surface area contributed by atoms with E-state index in [2.05, 4.69) is 11.4 Å². The van der Waals surface area contributed by atoms with E-state index in [-0.39, 0.29) is 17.9 Å². The zero-order chi connectivity index (χ0) is 18.7. The Morgan fingerprint density at radius 1 is 1.15 bits per heavy atom. The van der Waals surface area contributed by atoms with Crippen molar-refractivity contribution in [2.24, 2.45) is 23.7 Å². The van der Waals surface area contributed by atoms with Gasteiger partial charge in [0.2, 0.25) is 5.91 Å². The molecule has 0 radical (unpaired) electrons. The Balaban J connectivity index is 1.10. The number of carbonyl (C=O) groups is 2. The summed E-state index contributed by atoms with van der Waals surface area (Å²) in [5.41, 5.74) is 1.90. The van der Waals surface area contributed by atoms with Crippen LogP contribution < -0.4 is 5.32 Å². The normalized spacial score (nSPS) is 35.4. The Labute approximate surface area is 159 Å². The molecule has 2 amide bonds. The number of nitrogens with one attached hydrogen (secondary N) is 1. The molecule has 2 saturated heterocycles. The molecule has 140 valence electrons. The summed E-state index contributed by atoms with van der Waals surface area (Å²) in [6, 6.07) is 10.1. The van der Waals surface area contributed by atoms with E-state index >= 15 is 0 Å². The van der Waals surface area contributed by atoms with Gasteiger partial charge in [-0.15, -0.1) is 0 Å². The number of likely N-dealkylation sites (tertiary alicyclic amines) is 2. The standard InChI is InChI=1S/C21H24N4O2/c1-12-2-4-13(5-3-12)21(27)24-10-16-17(11-24)20(16)23-8-19(26)25-9-14-6-15(14)18(25)7-22/h2-5,14-18,20,23H,6,8-11H2,1H3/t14-,15-,16?,17?,18-,20?/m1/s1. The predicted molar refractivity (Wildman–Crippen MR) is 98.6 cm³/mol. The predicted octanol–water partition coefficient (Wildman–Crippen LogP) is 1.03. The van der Waals surface area contributed by atoms with Gasteiger partial charge >= 0.3 is 0 Å². The molecular formula is C21H24N4O2. The maximum Gasteiger partial charge on any atom is 0.253 e. The van der Waals surface area contributed by atoms with Crippen molar-refractivity contribution >= 4 is 11.8 Å². The molecule has 2 aliphatic carbocycles. The average Bonchev–Trinajstić information content (AvgIpc) is 3.48. The minimum absolute atomic E-state index is 0.0475. The molecule has 2 heterocycles. The highest BCUT2D eigenvalue weighted by Gasteiger charge is 2.57. The van der Waals surface area contributed by atoms with Gasteiger partial charge in [-0.2, -0.15) is 5.26 Å². The fourth-order valence-corrected chi connectivity index (χ4v) is 5.07. The summed E-state index contributed by atoms with van der Waals surface area (Å²) in [4.78, 5) is 28.7. The maximum absolute atomic E-state index is 12.6. The van der Waals surface area contributed by atoms with Gasteiger partial charge in [0.05, 0.1) is 12.6 Å². The summed E-state index contributed by atoms with van der Waals surface area (Å²) in [7, 11) is 0. The van der Waals surface area contributed by atoms with Crippen LogP contribution in [0.1, 0.15) is 22.3 Å². The fraction of sp³-hybridized carbons (Fsp3) is 0.571. The van der Waals surface area contributed by atoms with Gasteiger partial charge in [0, 0.05) is 31.2 Å². The summed E-state index contributed by atoms with van der Waals surface area (Å²) in [5, 5.41) is 12.7. The first kappa shape index (κ1) is 16.8. The maximum atomic E-state index is 12.6. The Morgan fingerprint density at radius 3 is 2.52 bits per heavy atom. The first-order valence-electron chi connectivity index (χ1n) is 9.85. The number of rotatable bonds is 4. The molecule has 2 unspecified atom stereocenters. The molecular weight excluding hydrogens is 340 g/mol. The van der Waals surface area contributed by atoms with Gasteiger partial charge in [-0.1, -0.05) is 17.7 Å². The highest BCUT2D eigenvalue weighted by atomic mass is 16.2. The number of hydrogen-bond acceptors (Lipinski definition) is 4. The first-order valence-corrected chi connectivity index (χ1v) is 9.85. The van der Waals surface area contributed by atoms with Crippen LogP contribution in [0, 0.1) is 41.9 Å². The van der Waals surface area contributed by atoms with Crippen LogP contribution in [-0.4, -0.2) is 59.9 Å². The Hall–Kier alpha value is -2.39. The molecule has 1 N–H and O–H groups in total. The molecule has 6 heteroatoms. The quantitative estimate of drug-likeness (QED) is 0.866. The second-order valence-corrected chi connectivity index (χ2v) is 8.59. The van der Waals surface area contributed by atoms with Gasteiger partial charge in [-0.3, -0.25) is 9.59 Å². The van der Waals surface area contributed by atoms with Gasteiger partial charge < -0.3 is 15.1 Å². The lowest BCUT2D eigenvalue weighted by Gasteiger charge is -2.24. The fourth-order valence-electron chi connectivity index (χ4n) is 5.07. The van der Waals surface area contributed by atoms with Crippen molar-refractivity contribution in [3.8, 4) is 6.07 Å². The Bertz CT molecular complexity index is 818. The number of piperidine rings is 2. The van der Waals surface area contributed by atoms with Gasteiger partial charge in [0.1, 0.15) is 6.04 Å². The van der Waals surface area contributed by atoms with Crippen LogP contribution in [0.2, 0.25) is 0 Å². The number of nitrogens with zero attached hydrogens (tertiary/aromatic N) is 3. The average molecular weight is 364 g/mol. The number of benzene rings is 1. The van der Waals surface area contributed by atoms with E-state index in [9.17, 15) is 14.9 Å². The Morgan fingerprint density at radius 2 is 1.85 bits per heavy atom. The summed E-state index contributed by atoms with van der Waals surface area (Å²) < 4.78 is 0. The van der Waals surface area contributed by atoms with Gasteiger partial charge in [-0.05, 0) is 49.1 Å². The Kier molecular flexibility index (Phi) is 3.76. The van der Waals surface area contributed by atoms with Crippen LogP contribution in [0.15, 0.2) is 24.3 Å². The molecule has 5 rings (SSSR count). The smallest absolute Gasteiger partial charge is 0.253 e. The molecule has 1 aromatic rings. The van der Waals surface area contributed by atoms with Crippen LogP contribution in [0.4, 0.5) is 0 Å². The van der Waals surface area contributed by atoms with Crippen LogP contribution >= 0.6 is 0 Å². The second-order valence-electron chi connectivity index (χ2n) is 8.59. The zero-order valence-corrected chi connectivity index (χ0v) is 15.5. The SMILES string of the molecule is Cc1ccc(C(=O)N2CC3C(C2)C3NCC(=O)N2C[C@H]3C[C@H]3[C@H]2C#N)cc1. The van der Waals surface area contributed by atoms with Crippen molar-refractivity contribution < 1.29 is 9.59 Å². The number of amides is 2. The molecule has 0 bridgehead atoms. The minimum atomic E-state index is -0.217. The molecule has 1 aromatic carbocycles. The number of hydrogen-bond donors (Lipinski definition) is 1. The van der Waals surface area contributed by atoms with E-state index in [1.165, 1.54) is 0 Å². The van der Waals surface area contributed by atoms with Crippen molar-refractivity contribution in [3.05, 3.63) is 35.4 Å². The van der Waals surface area contributed by atoms with Crippen LogP contribution in [0.3, 0.4) is 0 Å². The van der Waals surface area contributed by atoms with Crippen LogP contribution in [0.25, 0.3) is 0 Å². The lowest BCUT2D eigenvalue weighted by atomic mass is 10.1. The first-order chi connectivity index (χ1) is 13.1. The van der Waals surface area contributed by atoms with Crippen molar-refractivity contribution in [1.29, 1.82) is 5.26 Å². The van der Waals surface area contributed by atoms with Crippen LogP contribution in [-0.2, 0) is 4.79 Å². The third kappa shape index (κ3) is 2.81. The van der Waals surface area contributed by atoms with Crippen molar-refractivity contribution in [2.45, 2.75) is 25.4 Å². The summed E-state index contributed by atoms with van der Waals surface area (Å²) in [5.74, 6) is 2.02. The molecule has 0 spiro atoms. The lowest BCUT2D eigenvalue weighted by Crippen LogP contribution is -2.44. The lowest BCUT2D eigenvalue weighted by molar-refractivity contribution is -0.130. The van der Waals surface area contributed by atoms with E-state index in [0.29, 0.717) is 36.3 Å². The molecule has 4 fully saturated rings. The molecule has 4 aliphatic rings. The third-order valence-electron chi connectivity index (χ3n) is 6.87. The van der Waals surface area contributed by atoms with Gasteiger partial charge in [0.15, 0.2) is 0 Å².